The highest BCUT2D eigenvalue weighted by Gasteiger charge is 2.22. The highest BCUT2D eigenvalue weighted by atomic mass is 35.7. The number of aromatic hydroxyl groups is 1. The van der Waals surface area contributed by atoms with Gasteiger partial charge in [0.2, 0.25) is 5.36 Å². The van der Waals surface area contributed by atoms with Gasteiger partial charge >= 0.3 is 5.63 Å². The molecule has 1 aromatic heterocycles. The monoisotopic (exact) mass is 598 g/mol. The van der Waals surface area contributed by atoms with E-state index in [1.54, 1.807) is 6.08 Å². The molecular formula is C31H35ClN2O8. The number of benzene rings is 2. The summed E-state index contributed by atoms with van der Waals surface area (Å²) in [7, 11) is -4.94. The molecule has 5 rings (SSSR count). The van der Waals surface area contributed by atoms with E-state index in [1.165, 1.54) is 0 Å². The van der Waals surface area contributed by atoms with Crippen molar-refractivity contribution in [3.05, 3.63) is 75.1 Å². The van der Waals surface area contributed by atoms with E-state index < -0.39 is 15.9 Å². The number of hydrogen-bond donors (Lipinski definition) is 1. The Balaban J connectivity index is 0.000000748. The molecule has 0 bridgehead atoms. The number of rotatable bonds is 6. The lowest BCUT2D eigenvalue weighted by atomic mass is 9.89. The van der Waals surface area contributed by atoms with E-state index in [1.807, 2.05) is 18.2 Å². The number of allylic oxidation sites excluding steroid dienone is 1. The summed E-state index contributed by atoms with van der Waals surface area (Å²) in [6, 6.07) is 14.1. The van der Waals surface area contributed by atoms with Gasteiger partial charge in [0.25, 0.3) is 0 Å². The Hall–Kier alpha value is -3.67. The molecule has 0 amide bonds. The third-order valence-electron chi connectivity index (χ3n) is 7.49. The van der Waals surface area contributed by atoms with E-state index in [2.05, 4.69) is 61.4 Å². The topological polar surface area (TPSA) is 162 Å². The van der Waals surface area contributed by atoms with Crippen LogP contribution in [0.15, 0.2) is 56.1 Å². The molecule has 1 N–H and O–H groups in total. The molecule has 2 aromatic rings. The van der Waals surface area contributed by atoms with Gasteiger partial charge in [-0.1, -0.05) is 0 Å². The van der Waals surface area contributed by atoms with Crippen molar-refractivity contribution in [3.63, 3.8) is 0 Å². The van der Waals surface area contributed by atoms with E-state index in [9.17, 15) is 9.90 Å². The molecule has 0 atom stereocenters. The largest absolute Gasteiger partial charge is 0.506 e. The van der Waals surface area contributed by atoms with Gasteiger partial charge in [0.1, 0.15) is 41.5 Å². The van der Waals surface area contributed by atoms with Crippen molar-refractivity contribution in [3.8, 4) is 17.1 Å². The Morgan fingerprint density at radius 2 is 1.64 bits per heavy atom. The van der Waals surface area contributed by atoms with Gasteiger partial charge < -0.3 is 18.8 Å². The van der Waals surface area contributed by atoms with Crippen molar-refractivity contribution in [1.82, 2.24) is 4.58 Å². The second-order valence-corrected chi connectivity index (χ2v) is 10.7. The number of fused-ring (bicyclic) bond motifs is 3. The van der Waals surface area contributed by atoms with Crippen LogP contribution in [0.4, 0.5) is 5.69 Å². The predicted molar refractivity (Wildman–Crippen MR) is 150 cm³/mol. The Bertz CT molecular complexity index is 1680. The third kappa shape index (κ3) is 7.03. The van der Waals surface area contributed by atoms with E-state index in [4.69, 9.17) is 27.5 Å². The van der Waals surface area contributed by atoms with Crippen LogP contribution < -0.4 is 39.1 Å². The summed E-state index contributed by atoms with van der Waals surface area (Å²) in [6.07, 6.45) is 4.37. The third-order valence-corrected chi connectivity index (χ3v) is 7.49. The zero-order valence-corrected chi connectivity index (χ0v) is 24.9. The van der Waals surface area contributed by atoms with Crippen molar-refractivity contribution in [2.75, 3.05) is 31.1 Å². The molecule has 0 fully saturated rings. The van der Waals surface area contributed by atoms with Crippen LogP contribution in [0.2, 0.25) is 0 Å². The maximum Gasteiger partial charge on any atom is 0.347 e. The van der Waals surface area contributed by atoms with Crippen LogP contribution in [0, 0.1) is 10.2 Å². The average molecular weight is 599 g/mol. The van der Waals surface area contributed by atoms with Crippen LogP contribution in [0.1, 0.15) is 57.4 Å². The molecule has 10 nitrogen and oxygen atoms in total. The highest BCUT2D eigenvalue weighted by Crippen LogP contribution is 2.38. The van der Waals surface area contributed by atoms with Crippen LogP contribution >= 0.6 is 0 Å². The fourth-order valence-corrected chi connectivity index (χ4v) is 5.40. The lowest BCUT2D eigenvalue weighted by molar-refractivity contribution is -2.00. The molecule has 2 aliphatic carbocycles. The second-order valence-electron chi connectivity index (χ2n) is 9.90. The second kappa shape index (κ2) is 13.1. The molecule has 0 saturated carbocycles. The van der Waals surface area contributed by atoms with Crippen molar-refractivity contribution in [2.45, 2.75) is 47.0 Å². The van der Waals surface area contributed by atoms with Crippen LogP contribution in [-0.4, -0.2) is 31.3 Å². The Labute approximate surface area is 245 Å². The maximum atomic E-state index is 13.0. The molecule has 224 valence electrons. The van der Waals surface area contributed by atoms with Gasteiger partial charge in [-0.2, -0.15) is 0 Å². The Kier molecular flexibility index (Phi) is 9.75. The van der Waals surface area contributed by atoms with Gasteiger partial charge in [-0.25, -0.2) is 28.0 Å². The van der Waals surface area contributed by atoms with Crippen molar-refractivity contribution in [2.24, 2.45) is 0 Å². The zero-order chi connectivity index (χ0) is 30.6. The molecule has 0 saturated heterocycles. The van der Waals surface area contributed by atoms with Crippen LogP contribution in [0.3, 0.4) is 0 Å². The molecule has 1 aromatic carbocycles. The summed E-state index contributed by atoms with van der Waals surface area (Å²) < 4.78 is 48.4. The van der Waals surface area contributed by atoms with Gasteiger partial charge in [0, 0.05) is 36.5 Å². The fourth-order valence-electron chi connectivity index (χ4n) is 5.40. The minimum atomic E-state index is -4.94. The summed E-state index contributed by atoms with van der Waals surface area (Å²) in [6.45, 7) is 12.0. The summed E-state index contributed by atoms with van der Waals surface area (Å²) in [4.78, 5) is 15.2. The van der Waals surface area contributed by atoms with E-state index in [-0.39, 0.29) is 11.3 Å². The molecule has 2 heterocycles. The number of aryl methyl sites for hydroxylation is 1. The molecule has 11 heteroatoms. The van der Waals surface area contributed by atoms with E-state index in [0.717, 1.165) is 84.7 Å². The standard InChI is InChI=1S/C31H34N2O4.ClHO4/c1-5-32(6-2)23-13-12-20-16-21-10-9-11-22(30(21)36-27(20)18-23)17-26-29(34)25-15-14-24(33(7-3)8-4)19-28(25)37-31(26)35;2-1(3,4)5/h12-19H,5-11H2,1-4H3;(H,2,3,4,5). The summed E-state index contributed by atoms with van der Waals surface area (Å²) in [5.41, 5.74) is 4.05. The summed E-state index contributed by atoms with van der Waals surface area (Å²) in [5.74, 6) is 1.54. The van der Waals surface area contributed by atoms with Gasteiger partial charge in [-0.15, -0.1) is 10.2 Å². The summed E-state index contributed by atoms with van der Waals surface area (Å²) in [5, 5.41) is 12.8. The number of halogens is 1. The van der Waals surface area contributed by atoms with Crippen LogP contribution in [0.5, 0.6) is 5.75 Å². The quantitative estimate of drug-likeness (QED) is 0.252. The Morgan fingerprint density at radius 1 is 0.952 bits per heavy atom. The van der Waals surface area contributed by atoms with Gasteiger partial charge in [-0.3, -0.25) is 0 Å². The average Bonchev–Trinajstić information content (AvgIpc) is 2.94. The van der Waals surface area contributed by atoms with Crippen LogP contribution in [0.25, 0.3) is 33.9 Å². The lowest BCUT2D eigenvalue weighted by Gasteiger charge is -2.21. The molecule has 0 spiro atoms. The van der Waals surface area contributed by atoms with Crippen molar-refractivity contribution < 1.29 is 42.8 Å². The van der Waals surface area contributed by atoms with E-state index >= 15 is 0 Å². The summed E-state index contributed by atoms with van der Waals surface area (Å²) >= 11 is 0. The predicted octanol–water partition coefficient (Wildman–Crippen LogP) is 0.976. The number of nitrogens with zero attached hydrogens (tertiary/aromatic N) is 2. The first-order valence-corrected chi connectivity index (χ1v) is 15.2. The first kappa shape index (κ1) is 31.3. The van der Waals surface area contributed by atoms with Gasteiger partial charge in [-0.05, 0) is 88.4 Å². The van der Waals surface area contributed by atoms with Crippen molar-refractivity contribution >= 4 is 28.3 Å². The van der Waals surface area contributed by atoms with Gasteiger partial charge in [0.05, 0.1) is 11.5 Å². The number of anilines is 1. The van der Waals surface area contributed by atoms with Crippen LogP contribution in [-0.2, 0) is 6.42 Å². The maximum absolute atomic E-state index is 13.0. The molecule has 0 unspecified atom stereocenters. The Morgan fingerprint density at radius 3 is 2.29 bits per heavy atom. The first-order valence-electron chi connectivity index (χ1n) is 14.0. The molecule has 42 heavy (non-hydrogen) atoms. The normalized spacial score (nSPS) is 14.0. The minimum Gasteiger partial charge on any atom is -0.506 e. The fraction of sp³-hybridized carbons (Fsp3) is 0.355. The molecule has 3 aliphatic rings. The molecular weight excluding hydrogens is 564 g/mol. The molecule has 1 aliphatic heterocycles. The zero-order valence-electron chi connectivity index (χ0n) is 24.1. The smallest absolute Gasteiger partial charge is 0.347 e. The first-order chi connectivity index (χ1) is 20.0. The highest BCUT2D eigenvalue weighted by molar-refractivity contribution is 5.92. The number of hydrogen-bond acceptors (Lipinski definition) is 9. The lowest BCUT2D eigenvalue weighted by Crippen LogP contribution is -2.68. The van der Waals surface area contributed by atoms with Gasteiger partial charge in [0.15, 0.2) is 0 Å². The minimum absolute atomic E-state index is 0.0541. The molecule has 0 radical (unpaired) electrons. The van der Waals surface area contributed by atoms with Crippen molar-refractivity contribution in [1.29, 1.82) is 0 Å². The SMILES string of the molecule is CCN(CC)c1ccc2c(O)c(/C=C3\CCCc4cc5ccc(=[N+](CC)CC)cc-5oc43)c(=O)oc2c1.[O-][Cl+3]([O-])([O-])[O-]. The van der Waals surface area contributed by atoms with E-state index in [0.29, 0.717) is 11.0 Å².